The van der Waals surface area contributed by atoms with E-state index in [1.54, 1.807) is 19.1 Å². The molecular weight excluding hydrogens is 224 g/mol. The Hall–Kier alpha value is -2.25. The van der Waals surface area contributed by atoms with Crippen LogP contribution >= 0.6 is 0 Å². The molecule has 1 fully saturated rings. The molecular formula is C10H10N4O3. The normalized spacial score (nSPS) is 39.1. The summed E-state index contributed by atoms with van der Waals surface area (Å²) in [7, 11) is 0. The fourth-order valence-electron chi connectivity index (χ4n) is 2.25. The van der Waals surface area contributed by atoms with Crippen molar-refractivity contribution in [1.82, 2.24) is 0 Å². The molecule has 3 atom stereocenters. The molecule has 0 amide bonds. The molecule has 0 aromatic carbocycles. The van der Waals surface area contributed by atoms with Gasteiger partial charge >= 0.3 is 0 Å². The van der Waals surface area contributed by atoms with Gasteiger partial charge in [0, 0.05) is 0 Å². The number of hydrogen-bond acceptors (Lipinski definition) is 7. The summed E-state index contributed by atoms with van der Waals surface area (Å²) >= 11 is 0. The molecule has 7 heteroatoms. The second-order valence-corrected chi connectivity index (χ2v) is 3.89. The van der Waals surface area contributed by atoms with Crippen LogP contribution in [0.15, 0.2) is 11.5 Å². The van der Waals surface area contributed by atoms with Crippen LogP contribution in [0.5, 0.6) is 0 Å². The zero-order valence-electron chi connectivity index (χ0n) is 9.02. The Kier molecular flexibility index (Phi) is 2.07. The van der Waals surface area contributed by atoms with Gasteiger partial charge in [0.2, 0.25) is 17.2 Å². The SMILES string of the molecule is CCC1(O)C2OC(=N)C1(C#N)C(C#N)=C(N)O2. The maximum Gasteiger partial charge on any atom is 0.274 e. The molecule has 88 valence electrons. The average molecular weight is 234 g/mol. The first-order chi connectivity index (χ1) is 7.97. The van der Waals surface area contributed by atoms with E-state index < -0.39 is 23.2 Å². The first kappa shape index (κ1) is 11.2. The third-order valence-electron chi connectivity index (χ3n) is 3.28. The zero-order chi connectivity index (χ0) is 12.8. The summed E-state index contributed by atoms with van der Waals surface area (Å²) in [6, 6.07) is 3.51. The van der Waals surface area contributed by atoms with Gasteiger partial charge in [0.1, 0.15) is 11.6 Å². The second kappa shape index (κ2) is 3.12. The van der Waals surface area contributed by atoms with Crippen LogP contribution in [0.1, 0.15) is 13.3 Å². The van der Waals surface area contributed by atoms with Crippen LogP contribution in [0, 0.1) is 33.5 Å². The quantitative estimate of drug-likeness (QED) is 0.569. The van der Waals surface area contributed by atoms with Gasteiger partial charge < -0.3 is 20.3 Å². The lowest BCUT2D eigenvalue weighted by atomic mass is 9.66. The van der Waals surface area contributed by atoms with Crippen LogP contribution in [0.3, 0.4) is 0 Å². The molecule has 17 heavy (non-hydrogen) atoms. The summed E-state index contributed by atoms with van der Waals surface area (Å²) in [5.41, 5.74) is 1.59. The molecule has 1 saturated heterocycles. The highest BCUT2D eigenvalue weighted by molar-refractivity contribution is 5.92. The molecule has 2 heterocycles. The zero-order valence-corrected chi connectivity index (χ0v) is 9.02. The molecule has 0 spiro atoms. The van der Waals surface area contributed by atoms with E-state index in [4.69, 9.17) is 25.9 Å². The van der Waals surface area contributed by atoms with Crippen molar-refractivity contribution in [1.29, 1.82) is 15.9 Å². The van der Waals surface area contributed by atoms with E-state index in [1.807, 2.05) is 0 Å². The first-order valence-electron chi connectivity index (χ1n) is 4.94. The fourth-order valence-corrected chi connectivity index (χ4v) is 2.25. The van der Waals surface area contributed by atoms with E-state index in [2.05, 4.69) is 0 Å². The Balaban J connectivity index is 2.79. The van der Waals surface area contributed by atoms with Crippen LogP contribution in [0.25, 0.3) is 0 Å². The molecule has 2 bridgehead atoms. The predicted octanol–water partition coefficient (Wildman–Crippen LogP) is -0.305. The number of nitrogens with zero attached hydrogens (tertiary/aromatic N) is 2. The van der Waals surface area contributed by atoms with E-state index in [9.17, 15) is 10.4 Å². The van der Waals surface area contributed by atoms with Gasteiger partial charge in [0.15, 0.2) is 5.60 Å². The molecule has 3 unspecified atom stereocenters. The van der Waals surface area contributed by atoms with Gasteiger partial charge in [-0.15, -0.1) is 0 Å². The Morgan fingerprint density at radius 2 is 2.18 bits per heavy atom. The number of hydrogen-bond donors (Lipinski definition) is 3. The monoisotopic (exact) mass is 234 g/mol. The molecule has 2 aliphatic rings. The maximum absolute atomic E-state index is 10.5. The number of nitrogens with one attached hydrogen (secondary N) is 1. The largest absolute Gasteiger partial charge is 0.437 e. The Bertz CT molecular complexity index is 515. The third-order valence-corrected chi connectivity index (χ3v) is 3.28. The maximum atomic E-state index is 10.5. The molecule has 0 aromatic heterocycles. The van der Waals surface area contributed by atoms with Crippen molar-refractivity contribution in [2.45, 2.75) is 25.2 Å². The van der Waals surface area contributed by atoms with Crippen LogP contribution in [0.4, 0.5) is 0 Å². The number of nitriles is 2. The van der Waals surface area contributed by atoms with E-state index in [1.165, 1.54) is 0 Å². The average Bonchev–Trinajstić information content (AvgIpc) is 2.44. The summed E-state index contributed by atoms with van der Waals surface area (Å²) in [6.45, 7) is 1.61. The highest BCUT2D eigenvalue weighted by atomic mass is 16.7. The summed E-state index contributed by atoms with van der Waals surface area (Å²) in [4.78, 5) is 0. The lowest BCUT2D eigenvalue weighted by Crippen LogP contribution is -2.56. The van der Waals surface area contributed by atoms with Gasteiger partial charge in [-0.1, -0.05) is 6.92 Å². The third kappa shape index (κ3) is 0.948. The molecule has 0 aliphatic carbocycles. The van der Waals surface area contributed by atoms with Crippen LogP contribution in [-0.2, 0) is 9.47 Å². The van der Waals surface area contributed by atoms with Gasteiger partial charge in [-0.25, -0.2) is 0 Å². The summed E-state index contributed by atoms with van der Waals surface area (Å²) < 4.78 is 10.1. The minimum absolute atomic E-state index is 0.0894. The minimum Gasteiger partial charge on any atom is -0.437 e. The van der Waals surface area contributed by atoms with Crippen LogP contribution in [0.2, 0.25) is 0 Å². The van der Waals surface area contributed by atoms with E-state index >= 15 is 0 Å². The standard InChI is InChI=1S/C10H10N4O3/c1-2-10(15)8-16-6(13)5(3-11)9(10,4-12)7(14)17-8/h8,14-15H,2,13H2,1H3. The van der Waals surface area contributed by atoms with Gasteiger partial charge in [-0.3, -0.25) is 5.41 Å². The van der Waals surface area contributed by atoms with Crippen LogP contribution < -0.4 is 5.73 Å². The van der Waals surface area contributed by atoms with Gasteiger partial charge in [-0.05, 0) is 6.42 Å². The molecule has 0 radical (unpaired) electrons. The highest BCUT2D eigenvalue weighted by Gasteiger charge is 2.72. The van der Waals surface area contributed by atoms with E-state index in [0.717, 1.165) is 0 Å². The number of rotatable bonds is 1. The molecule has 4 N–H and O–H groups in total. The van der Waals surface area contributed by atoms with Crippen molar-refractivity contribution >= 4 is 5.90 Å². The van der Waals surface area contributed by atoms with Crippen molar-refractivity contribution in [3.05, 3.63) is 11.5 Å². The lowest BCUT2D eigenvalue weighted by Gasteiger charge is -2.38. The van der Waals surface area contributed by atoms with E-state index in [-0.39, 0.29) is 17.9 Å². The van der Waals surface area contributed by atoms with Crippen molar-refractivity contribution in [2.24, 2.45) is 11.1 Å². The topological polar surface area (TPSA) is 136 Å². The predicted molar refractivity (Wildman–Crippen MR) is 53.8 cm³/mol. The second-order valence-electron chi connectivity index (χ2n) is 3.89. The smallest absolute Gasteiger partial charge is 0.274 e. The summed E-state index contributed by atoms with van der Waals surface area (Å²) in [5.74, 6) is -0.786. The molecule has 7 nitrogen and oxygen atoms in total. The van der Waals surface area contributed by atoms with Crippen molar-refractivity contribution < 1.29 is 14.6 Å². The van der Waals surface area contributed by atoms with Gasteiger partial charge in [-0.2, -0.15) is 10.5 Å². The molecule has 0 saturated carbocycles. The first-order valence-corrected chi connectivity index (χ1v) is 4.94. The van der Waals surface area contributed by atoms with Crippen molar-refractivity contribution in [3.8, 4) is 12.1 Å². The lowest BCUT2D eigenvalue weighted by molar-refractivity contribution is -0.185. The molecule has 0 aromatic rings. The Labute approximate surface area is 97.2 Å². The van der Waals surface area contributed by atoms with Gasteiger partial charge in [0.05, 0.1) is 6.07 Å². The molecule has 2 aliphatic heterocycles. The van der Waals surface area contributed by atoms with Crippen LogP contribution in [-0.4, -0.2) is 22.9 Å². The van der Waals surface area contributed by atoms with Crippen molar-refractivity contribution in [3.63, 3.8) is 0 Å². The molecule has 2 rings (SSSR count). The minimum atomic E-state index is -1.87. The summed E-state index contributed by atoms with van der Waals surface area (Å²) in [5, 5.41) is 36.5. The number of ether oxygens (including phenoxy) is 2. The van der Waals surface area contributed by atoms with Crippen molar-refractivity contribution in [2.75, 3.05) is 0 Å². The number of nitrogens with two attached hydrogens (primary N) is 1. The highest BCUT2D eigenvalue weighted by Crippen LogP contribution is 2.53. The Morgan fingerprint density at radius 3 is 2.65 bits per heavy atom. The van der Waals surface area contributed by atoms with Gasteiger partial charge in [0.25, 0.3) is 6.29 Å². The van der Waals surface area contributed by atoms with E-state index in [0.29, 0.717) is 0 Å². The Morgan fingerprint density at radius 1 is 1.53 bits per heavy atom. The fraction of sp³-hybridized carbons (Fsp3) is 0.500. The number of aliphatic hydroxyl groups is 1. The summed E-state index contributed by atoms with van der Waals surface area (Å²) in [6.07, 6.45) is -1.14. The number of fused-ring (bicyclic) bond motifs is 2.